The quantitative estimate of drug-likeness (QED) is 0.575. The Kier molecular flexibility index (Phi) is 2.72. The van der Waals surface area contributed by atoms with Gasteiger partial charge in [-0.15, -0.1) is 0 Å². The number of aliphatic hydroxyl groups is 1. The highest BCUT2D eigenvalue weighted by molar-refractivity contribution is 4.99. The molecule has 11 heavy (non-hydrogen) atoms. The van der Waals surface area contributed by atoms with Gasteiger partial charge in [-0.3, -0.25) is 0 Å². The lowest BCUT2D eigenvalue weighted by Gasteiger charge is -2.31. The largest absolute Gasteiger partial charge is 0.393 e. The lowest BCUT2D eigenvalue weighted by Crippen LogP contribution is -2.27. The zero-order valence-electron chi connectivity index (χ0n) is 7.51. The summed E-state index contributed by atoms with van der Waals surface area (Å²) in [6.45, 7) is 8.11. The number of allylic oxidation sites excluding steroid dienone is 1. The fourth-order valence-electron chi connectivity index (χ4n) is 1.75. The van der Waals surface area contributed by atoms with Crippen molar-refractivity contribution >= 4 is 0 Å². The molecule has 1 saturated carbocycles. The Labute approximate surface area is 69.1 Å². The molecule has 0 amide bonds. The first-order valence-corrected chi connectivity index (χ1v) is 4.44. The topological polar surface area (TPSA) is 20.2 Å². The van der Waals surface area contributed by atoms with Gasteiger partial charge in [0.15, 0.2) is 0 Å². The fourth-order valence-corrected chi connectivity index (χ4v) is 1.75. The van der Waals surface area contributed by atoms with E-state index >= 15 is 0 Å². The molecule has 0 aliphatic heterocycles. The molecule has 1 N–H and O–H groups in total. The number of aliphatic hydroxyl groups excluding tert-OH is 1. The molecule has 0 bridgehead atoms. The van der Waals surface area contributed by atoms with Gasteiger partial charge in [0.25, 0.3) is 0 Å². The van der Waals surface area contributed by atoms with E-state index < -0.39 is 0 Å². The Morgan fingerprint density at radius 3 is 2.55 bits per heavy atom. The normalized spacial score (nSPS) is 38.6. The van der Waals surface area contributed by atoms with Crippen molar-refractivity contribution in [3.8, 4) is 0 Å². The van der Waals surface area contributed by atoms with Gasteiger partial charge in [-0.25, -0.2) is 0 Å². The van der Waals surface area contributed by atoms with Crippen molar-refractivity contribution in [2.75, 3.05) is 0 Å². The minimum atomic E-state index is -0.0922. The molecule has 0 unspecified atom stereocenters. The summed E-state index contributed by atoms with van der Waals surface area (Å²) in [6.07, 6.45) is 3.20. The lowest BCUT2D eigenvalue weighted by atomic mass is 9.78. The van der Waals surface area contributed by atoms with Gasteiger partial charge >= 0.3 is 0 Å². The van der Waals surface area contributed by atoms with Gasteiger partial charge in [0.1, 0.15) is 0 Å². The first kappa shape index (κ1) is 8.79. The van der Waals surface area contributed by atoms with Crippen LogP contribution in [0.3, 0.4) is 0 Å². The van der Waals surface area contributed by atoms with Crippen LogP contribution >= 0.6 is 0 Å². The van der Waals surface area contributed by atoms with Crippen LogP contribution in [0.1, 0.15) is 33.1 Å². The molecule has 1 aliphatic rings. The molecule has 0 spiro atoms. The first-order valence-electron chi connectivity index (χ1n) is 4.44. The maximum atomic E-state index is 9.56. The summed E-state index contributed by atoms with van der Waals surface area (Å²) in [5.74, 6) is 1.06. The van der Waals surface area contributed by atoms with Gasteiger partial charge in [-0.05, 0) is 38.0 Å². The van der Waals surface area contributed by atoms with Gasteiger partial charge in [0.05, 0.1) is 6.10 Å². The molecule has 1 nitrogen and oxygen atoms in total. The van der Waals surface area contributed by atoms with Gasteiger partial charge < -0.3 is 5.11 Å². The number of hydrogen-bond acceptors (Lipinski definition) is 1. The van der Waals surface area contributed by atoms with Crippen LogP contribution < -0.4 is 0 Å². The van der Waals surface area contributed by atoms with Crippen molar-refractivity contribution in [1.29, 1.82) is 0 Å². The average Bonchev–Trinajstić information content (AvgIpc) is 1.94. The molecule has 0 heterocycles. The van der Waals surface area contributed by atoms with Crippen LogP contribution in [0.15, 0.2) is 12.2 Å². The summed E-state index contributed by atoms with van der Waals surface area (Å²) < 4.78 is 0. The van der Waals surface area contributed by atoms with E-state index in [0.29, 0.717) is 11.8 Å². The van der Waals surface area contributed by atoms with E-state index in [2.05, 4.69) is 20.4 Å². The molecular formula is C10H18O. The second-order valence-corrected chi connectivity index (χ2v) is 3.90. The molecule has 3 atom stereocenters. The first-order chi connectivity index (χ1) is 5.11. The fraction of sp³-hybridized carbons (Fsp3) is 0.800. The third-order valence-electron chi connectivity index (χ3n) is 2.85. The molecule has 0 aromatic heterocycles. The highest BCUT2D eigenvalue weighted by atomic mass is 16.3. The van der Waals surface area contributed by atoms with E-state index in [1.54, 1.807) is 0 Å². The molecule has 1 heteroatoms. The third-order valence-corrected chi connectivity index (χ3v) is 2.85. The van der Waals surface area contributed by atoms with Gasteiger partial charge in [0.2, 0.25) is 0 Å². The summed E-state index contributed by atoms with van der Waals surface area (Å²) in [7, 11) is 0. The standard InChI is InChI=1S/C10H18O/c1-7(2)9-5-4-8(3)10(11)6-9/h8-11H,1,4-6H2,2-3H3/t8-,9+,10-/m0/s1. The maximum Gasteiger partial charge on any atom is 0.0571 e. The summed E-state index contributed by atoms with van der Waals surface area (Å²) >= 11 is 0. The number of hydrogen-bond donors (Lipinski definition) is 1. The molecule has 1 rings (SSSR count). The minimum Gasteiger partial charge on any atom is -0.393 e. The molecule has 64 valence electrons. The van der Waals surface area contributed by atoms with Crippen LogP contribution in [0.4, 0.5) is 0 Å². The lowest BCUT2D eigenvalue weighted by molar-refractivity contribution is 0.0614. The SMILES string of the molecule is C=C(C)[C@@H]1CC[C@H](C)[C@@H](O)C1. The Morgan fingerprint density at radius 1 is 1.45 bits per heavy atom. The summed E-state index contributed by atoms with van der Waals surface area (Å²) in [5, 5.41) is 9.56. The zero-order valence-corrected chi connectivity index (χ0v) is 7.51. The van der Waals surface area contributed by atoms with Crippen LogP contribution in [-0.2, 0) is 0 Å². The molecule has 1 aliphatic carbocycles. The van der Waals surface area contributed by atoms with E-state index in [4.69, 9.17) is 0 Å². The molecule has 0 aromatic rings. The predicted molar refractivity (Wildman–Crippen MR) is 47.3 cm³/mol. The molecular weight excluding hydrogens is 136 g/mol. The summed E-state index contributed by atoms with van der Waals surface area (Å²) in [6, 6.07) is 0. The van der Waals surface area contributed by atoms with Crippen molar-refractivity contribution in [3.63, 3.8) is 0 Å². The van der Waals surface area contributed by atoms with Crippen molar-refractivity contribution in [1.82, 2.24) is 0 Å². The molecule has 1 fully saturated rings. The van der Waals surface area contributed by atoms with Crippen molar-refractivity contribution in [3.05, 3.63) is 12.2 Å². The second kappa shape index (κ2) is 3.40. The Bertz CT molecular complexity index is 151. The van der Waals surface area contributed by atoms with Gasteiger partial charge in [0, 0.05) is 0 Å². The van der Waals surface area contributed by atoms with Crippen LogP contribution in [-0.4, -0.2) is 11.2 Å². The van der Waals surface area contributed by atoms with Gasteiger partial charge in [-0.1, -0.05) is 19.1 Å². The van der Waals surface area contributed by atoms with E-state index in [1.807, 2.05) is 0 Å². The highest BCUT2D eigenvalue weighted by Crippen LogP contribution is 2.32. The van der Waals surface area contributed by atoms with Crippen LogP contribution in [0, 0.1) is 11.8 Å². The minimum absolute atomic E-state index is 0.0922. The van der Waals surface area contributed by atoms with E-state index in [9.17, 15) is 5.11 Å². The third kappa shape index (κ3) is 2.06. The highest BCUT2D eigenvalue weighted by Gasteiger charge is 2.25. The molecule has 0 saturated heterocycles. The van der Waals surface area contributed by atoms with Gasteiger partial charge in [-0.2, -0.15) is 0 Å². The second-order valence-electron chi connectivity index (χ2n) is 3.90. The average molecular weight is 154 g/mol. The molecule has 0 aromatic carbocycles. The van der Waals surface area contributed by atoms with Crippen molar-refractivity contribution in [2.24, 2.45) is 11.8 Å². The van der Waals surface area contributed by atoms with E-state index in [0.717, 1.165) is 12.8 Å². The van der Waals surface area contributed by atoms with E-state index in [1.165, 1.54) is 12.0 Å². The number of rotatable bonds is 1. The van der Waals surface area contributed by atoms with E-state index in [-0.39, 0.29) is 6.10 Å². The maximum absolute atomic E-state index is 9.56. The zero-order chi connectivity index (χ0) is 8.43. The van der Waals surface area contributed by atoms with Crippen LogP contribution in [0.25, 0.3) is 0 Å². The van der Waals surface area contributed by atoms with Crippen LogP contribution in [0.5, 0.6) is 0 Å². The van der Waals surface area contributed by atoms with Crippen molar-refractivity contribution < 1.29 is 5.11 Å². The smallest absolute Gasteiger partial charge is 0.0571 e. The Morgan fingerprint density at radius 2 is 2.09 bits per heavy atom. The van der Waals surface area contributed by atoms with Crippen LogP contribution in [0.2, 0.25) is 0 Å². The Balaban J connectivity index is 2.46. The molecule has 0 radical (unpaired) electrons. The monoisotopic (exact) mass is 154 g/mol. The Hall–Kier alpha value is -0.300. The predicted octanol–water partition coefficient (Wildman–Crippen LogP) is 2.36. The summed E-state index contributed by atoms with van der Waals surface area (Å²) in [4.78, 5) is 0. The summed E-state index contributed by atoms with van der Waals surface area (Å²) in [5.41, 5.74) is 1.23. The van der Waals surface area contributed by atoms with Crippen molar-refractivity contribution in [2.45, 2.75) is 39.2 Å².